The van der Waals surface area contributed by atoms with Crippen LogP contribution in [0.4, 0.5) is 0 Å². The van der Waals surface area contributed by atoms with Crippen molar-refractivity contribution in [2.75, 3.05) is 0 Å². The van der Waals surface area contributed by atoms with Gasteiger partial charge in [0, 0.05) is 12.1 Å². The maximum Gasteiger partial charge on any atom is 0.308 e. The summed E-state index contributed by atoms with van der Waals surface area (Å²) in [5, 5.41) is 8.85. The lowest BCUT2D eigenvalue weighted by atomic mass is 10.1. The molecule has 2 aromatic rings. The topological polar surface area (TPSA) is 59.3 Å². The van der Waals surface area contributed by atoms with Crippen LogP contribution in [-0.2, 0) is 24.2 Å². The fourth-order valence-electron chi connectivity index (χ4n) is 2.40. The number of aromatic nitrogens is 1. The number of aryl methyl sites for hydroxylation is 1. The average molecular weight is 285 g/mol. The molecule has 0 atom stereocenters. The summed E-state index contributed by atoms with van der Waals surface area (Å²) < 4.78 is 1.62. The lowest BCUT2D eigenvalue weighted by Gasteiger charge is -2.13. The molecule has 0 spiro atoms. The first-order valence-electron chi connectivity index (χ1n) is 7.10. The molecule has 0 amide bonds. The summed E-state index contributed by atoms with van der Waals surface area (Å²) in [6.45, 7) is 4.49. The number of hydrogen-bond donors (Lipinski definition) is 1. The average Bonchev–Trinajstić information content (AvgIpc) is 2.49. The fourth-order valence-corrected chi connectivity index (χ4v) is 2.40. The van der Waals surface area contributed by atoms with Crippen molar-refractivity contribution in [2.45, 2.75) is 33.2 Å². The first-order valence-corrected chi connectivity index (χ1v) is 7.10. The molecule has 21 heavy (non-hydrogen) atoms. The molecule has 2 rings (SSSR count). The van der Waals surface area contributed by atoms with E-state index in [1.807, 2.05) is 37.3 Å². The van der Waals surface area contributed by atoms with Gasteiger partial charge in [-0.2, -0.15) is 0 Å². The Balaban J connectivity index is 2.51. The van der Waals surface area contributed by atoms with Crippen molar-refractivity contribution in [1.82, 2.24) is 4.57 Å². The van der Waals surface area contributed by atoms with E-state index in [0.717, 1.165) is 17.7 Å². The van der Waals surface area contributed by atoms with E-state index < -0.39 is 5.97 Å². The molecule has 0 unspecified atom stereocenters. The van der Waals surface area contributed by atoms with Crippen molar-refractivity contribution in [3.63, 3.8) is 0 Å². The summed E-state index contributed by atoms with van der Waals surface area (Å²) in [5.74, 6) is -0.991. The molecule has 0 aliphatic heterocycles. The number of carboxylic acids is 1. The van der Waals surface area contributed by atoms with Gasteiger partial charge in [-0.15, -0.1) is 0 Å². The molecule has 1 aromatic heterocycles. The molecule has 110 valence electrons. The zero-order valence-corrected chi connectivity index (χ0v) is 12.3. The minimum absolute atomic E-state index is 0.225. The predicted octanol–water partition coefficient (Wildman–Crippen LogP) is 2.72. The lowest BCUT2D eigenvalue weighted by Crippen LogP contribution is -2.25. The SMILES string of the molecule is CCc1ccc(-c2ccc(CC(=O)O)c(=O)n2CC)cc1. The maximum atomic E-state index is 12.4. The minimum atomic E-state index is -0.991. The molecular formula is C17H19NO3. The van der Waals surface area contributed by atoms with Crippen LogP contribution in [-0.4, -0.2) is 15.6 Å². The molecule has 1 N–H and O–H groups in total. The van der Waals surface area contributed by atoms with Crippen LogP contribution in [0, 0.1) is 0 Å². The van der Waals surface area contributed by atoms with Crippen LogP contribution in [0.25, 0.3) is 11.3 Å². The van der Waals surface area contributed by atoms with Crippen molar-refractivity contribution in [3.05, 3.63) is 57.9 Å². The Hall–Kier alpha value is -2.36. The Morgan fingerprint density at radius 1 is 1.10 bits per heavy atom. The van der Waals surface area contributed by atoms with E-state index in [9.17, 15) is 9.59 Å². The Labute approximate surface area is 123 Å². The van der Waals surface area contributed by atoms with E-state index in [-0.39, 0.29) is 12.0 Å². The van der Waals surface area contributed by atoms with Gasteiger partial charge < -0.3 is 9.67 Å². The van der Waals surface area contributed by atoms with Crippen LogP contribution in [0.3, 0.4) is 0 Å². The van der Waals surface area contributed by atoms with Crippen molar-refractivity contribution in [1.29, 1.82) is 0 Å². The van der Waals surface area contributed by atoms with Gasteiger partial charge in [-0.3, -0.25) is 9.59 Å². The van der Waals surface area contributed by atoms with E-state index in [0.29, 0.717) is 12.1 Å². The van der Waals surface area contributed by atoms with Crippen LogP contribution in [0.1, 0.15) is 25.0 Å². The third-order valence-corrected chi connectivity index (χ3v) is 3.57. The number of rotatable bonds is 5. The summed E-state index contributed by atoms with van der Waals surface area (Å²) in [7, 11) is 0. The standard InChI is InChI=1S/C17H19NO3/c1-3-12-5-7-13(8-6-12)15-10-9-14(11-16(19)20)17(21)18(15)4-2/h5-10H,3-4,11H2,1-2H3,(H,19,20). The van der Waals surface area contributed by atoms with E-state index >= 15 is 0 Å². The molecular weight excluding hydrogens is 266 g/mol. The molecule has 1 heterocycles. The molecule has 4 nitrogen and oxygen atoms in total. The van der Waals surface area contributed by atoms with Crippen LogP contribution in [0.15, 0.2) is 41.2 Å². The number of carboxylic acid groups (broad SMARTS) is 1. The predicted molar refractivity (Wildman–Crippen MR) is 82.5 cm³/mol. The highest BCUT2D eigenvalue weighted by atomic mass is 16.4. The quantitative estimate of drug-likeness (QED) is 0.919. The number of benzene rings is 1. The van der Waals surface area contributed by atoms with Crippen LogP contribution in [0.5, 0.6) is 0 Å². The van der Waals surface area contributed by atoms with Gasteiger partial charge in [0.25, 0.3) is 5.56 Å². The molecule has 4 heteroatoms. The zero-order chi connectivity index (χ0) is 15.4. The van der Waals surface area contributed by atoms with Crippen molar-refractivity contribution < 1.29 is 9.90 Å². The van der Waals surface area contributed by atoms with Crippen LogP contribution < -0.4 is 5.56 Å². The molecule has 0 saturated heterocycles. The van der Waals surface area contributed by atoms with Crippen molar-refractivity contribution >= 4 is 5.97 Å². The Morgan fingerprint density at radius 2 is 1.76 bits per heavy atom. The highest BCUT2D eigenvalue weighted by molar-refractivity contribution is 5.70. The van der Waals surface area contributed by atoms with Gasteiger partial charge in [-0.1, -0.05) is 37.3 Å². The summed E-state index contributed by atoms with van der Waals surface area (Å²) in [5.41, 5.74) is 3.12. The Bertz CT molecular complexity index is 699. The van der Waals surface area contributed by atoms with Crippen molar-refractivity contribution in [3.8, 4) is 11.3 Å². The van der Waals surface area contributed by atoms with E-state index in [4.69, 9.17) is 5.11 Å². The van der Waals surface area contributed by atoms with Gasteiger partial charge in [0.2, 0.25) is 0 Å². The summed E-state index contributed by atoms with van der Waals surface area (Å²) in [6.07, 6.45) is 0.728. The molecule has 0 aliphatic carbocycles. The van der Waals surface area contributed by atoms with E-state index in [2.05, 4.69) is 6.92 Å². The summed E-state index contributed by atoms with van der Waals surface area (Å²) >= 11 is 0. The van der Waals surface area contributed by atoms with E-state index in [1.165, 1.54) is 5.56 Å². The van der Waals surface area contributed by atoms with Gasteiger partial charge in [0.15, 0.2) is 0 Å². The highest BCUT2D eigenvalue weighted by Gasteiger charge is 2.11. The number of carbonyl (C=O) groups is 1. The summed E-state index contributed by atoms with van der Waals surface area (Å²) in [4.78, 5) is 23.2. The van der Waals surface area contributed by atoms with Crippen LogP contribution in [0.2, 0.25) is 0 Å². The second-order valence-corrected chi connectivity index (χ2v) is 4.91. The second kappa shape index (κ2) is 6.39. The van der Waals surface area contributed by atoms with Crippen molar-refractivity contribution in [2.24, 2.45) is 0 Å². The smallest absolute Gasteiger partial charge is 0.308 e. The molecule has 0 aliphatic rings. The first kappa shape index (κ1) is 15.0. The number of hydrogen-bond acceptors (Lipinski definition) is 2. The van der Waals surface area contributed by atoms with Gasteiger partial charge in [-0.25, -0.2) is 0 Å². The first-order chi connectivity index (χ1) is 10.1. The van der Waals surface area contributed by atoms with Gasteiger partial charge in [0.1, 0.15) is 0 Å². The monoisotopic (exact) mass is 285 g/mol. The Kier molecular flexibility index (Phi) is 4.58. The number of aliphatic carboxylic acids is 1. The minimum Gasteiger partial charge on any atom is -0.481 e. The third kappa shape index (κ3) is 3.21. The van der Waals surface area contributed by atoms with Gasteiger partial charge in [-0.05, 0) is 30.5 Å². The van der Waals surface area contributed by atoms with Gasteiger partial charge >= 0.3 is 5.97 Å². The second-order valence-electron chi connectivity index (χ2n) is 4.91. The largest absolute Gasteiger partial charge is 0.481 e. The Morgan fingerprint density at radius 3 is 2.29 bits per heavy atom. The zero-order valence-electron chi connectivity index (χ0n) is 12.3. The molecule has 0 fully saturated rings. The maximum absolute atomic E-state index is 12.4. The third-order valence-electron chi connectivity index (χ3n) is 3.57. The number of nitrogens with zero attached hydrogens (tertiary/aromatic N) is 1. The fraction of sp³-hybridized carbons (Fsp3) is 0.294. The molecule has 0 bridgehead atoms. The number of pyridine rings is 1. The highest BCUT2D eigenvalue weighted by Crippen LogP contribution is 2.19. The molecule has 1 aromatic carbocycles. The lowest BCUT2D eigenvalue weighted by molar-refractivity contribution is -0.136. The summed E-state index contributed by atoms with van der Waals surface area (Å²) in [6, 6.07) is 11.5. The van der Waals surface area contributed by atoms with Crippen LogP contribution >= 0.6 is 0 Å². The van der Waals surface area contributed by atoms with Gasteiger partial charge in [0.05, 0.1) is 12.1 Å². The normalized spacial score (nSPS) is 10.6. The molecule has 0 saturated carbocycles. The van der Waals surface area contributed by atoms with E-state index in [1.54, 1.807) is 10.6 Å². The molecule has 0 radical (unpaired) electrons.